The zero-order chi connectivity index (χ0) is 39.8. The van der Waals surface area contributed by atoms with Crippen LogP contribution >= 0.6 is 0 Å². The summed E-state index contributed by atoms with van der Waals surface area (Å²) in [6, 6.07) is 87.8. The minimum absolute atomic E-state index is 1.09. The van der Waals surface area contributed by atoms with Crippen LogP contribution in [-0.4, -0.2) is 4.57 Å². The zero-order valence-corrected chi connectivity index (χ0v) is 33.0. The molecular formula is C58H40N2. The number of nitrogens with zero attached hydrogens (tertiary/aromatic N) is 2. The lowest BCUT2D eigenvalue weighted by molar-refractivity contribution is 1.18. The number of hydrogen-bond acceptors (Lipinski definition) is 1. The van der Waals surface area contributed by atoms with Crippen molar-refractivity contribution >= 4 is 49.6 Å². The summed E-state index contributed by atoms with van der Waals surface area (Å²) in [6.07, 6.45) is 0. The summed E-state index contributed by atoms with van der Waals surface area (Å²) in [7, 11) is 0. The third-order valence-corrected chi connectivity index (χ3v) is 11.8. The van der Waals surface area contributed by atoms with Crippen LogP contribution in [0.1, 0.15) is 0 Å². The molecule has 0 atom stereocenters. The molecule has 1 heterocycles. The van der Waals surface area contributed by atoms with Crippen molar-refractivity contribution in [1.29, 1.82) is 0 Å². The normalized spacial score (nSPS) is 11.3. The minimum Gasteiger partial charge on any atom is -0.310 e. The van der Waals surface area contributed by atoms with Gasteiger partial charge in [-0.15, -0.1) is 0 Å². The molecule has 0 bridgehead atoms. The molecular weight excluding hydrogens is 725 g/mol. The molecule has 1 aromatic heterocycles. The van der Waals surface area contributed by atoms with Gasteiger partial charge in [0.2, 0.25) is 0 Å². The van der Waals surface area contributed by atoms with Crippen molar-refractivity contribution in [3.63, 3.8) is 0 Å². The molecule has 2 nitrogen and oxygen atoms in total. The predicted molar refractivity (Wildman–Crippen MR) is 255 cm³/mol. The van der Waals surface area contributed by atoms with Gasteiger partial charge in [0.1, 0.15) is 0 Å². The van der Waals surface area contributed by atoms with Gasteiger partial charge in [-0.05, 0) is 116 Å². The summed E-state index contributed by atoms with van der Waals surface area (Å²) < 4.78 is 2.41. The Bertz CT molecular complexity index is 3260. The standard InChI is InChI=1S/C58H40N2/c1-5-16-41(17-6-1)42-30-34-48(35-31-42)59(49-36-32-45(33-37-49)52-27-14-23-46-22-13-26-51(57(46)52)43-18-7-2-8-19-43)50-38-39-55-54(40-50)58-53(44-20-9-3-10-21-44)28-15-29-56(58)60(55)47-24-11-4-12-25-47/h1-40H. The molecule has 0 unspecified atom stereocenters. The molecule has 0 saturated carbocycles. The van der Waals surface area contributed by atoms with E-state index in [-0.39, 0.29) is 0 Å². The molecule has 0 N–H and O–H groups in total. The van der Waals surface area contributed by atoms with Gasteiger partial charge in [0.05, 0.1) is 11.0 Å². The van der Waals surface area contributed by atoms with E-state index in [0.29, 0.717) is 0 Å². The van der Waals surface area contributed by atoms with Gasteiger partial charge in [0, 0.05) is 33.5 Å². The van der Waals surface area contributed by atoms with Crippen molar-refractivity contribution in [3.05, 3.63) is 243 Å². The average molecular weight is 765 g/mol. The topological polar surface area (TPSA) is 8.17 Å². The van der Waals surface area contributed by atoms with Gasteiger partial charge in [0.25, 0.3) is 0 Å². The summed E-state index contributed by atoms with van der Waals surface area (Å²) in [5, 5.41) is 4.94. The van der Waals surface area contributed by atoms with Crippen LogP contribution in [0.3, 0.4) is 0 Å². The maximum absolute atomic E-state index is 2.41. The number of aromatic nitrogens is 1. The van der Waals surface area contributed by atoms with E-state index in [1.165, 1.54) is 77.1 Å². The van der Waals surface area contributed by atoms with Crippen LogP contribution in [0.2, 0.25) is 0 Å². The SMILES string of the molecule is c1ccc(-c2ccc(N(c3ccc(-c4cccc5cccc(-c6ccccc6)c45)cc3)c3ccc4c(c3)c3c(-c5ccccc5)cccc3n4-c3ccccc3)cc2)cc1. The third kappa shape index (κ3) is 6.23. The summed E-state index contributed by atoms with van der Waals surface area (Å²) in [6.45, 7) is 0. The van der Waals surface area contributed by atoms with Gasteiger partial charge >= 0.3 is 0 Å². The first-order valence-corrected chi connectivity index (χ1v) is 20.6. The van der Waals surface area contributed by atoms with Crippen molar-refractivity contribution in [2.24, 2.45) is 0 Å². The first-order valence-electron chi connectivity index (χ1n) is 20.6. The van der Waals surface area contributed by atoms with E-state index in [1.54, 1.807) is 0 Å². The molecule has 10 aromatic carbocycles. The second-order valence-corrected chi connectivity index (χ2v) is 15.3. The van der Waals surface area contributed by atoms with Crippen molar-refractivity contribution in [2.45, 2.75) is 0 Å². The molecule has 0 saturated heterocycles. The van der Waals surface area contributed by atoms with E-state index in [1.807, 2.05) is 0 Å². The second kappa shape index (κ2) is 15.1. The zero-order valence-electron chi connectivity index (χ0n) is 33.0. The van der Waals surface area contributed by atoms with Crippen LogP contribution in [0.15, 0.2) is 243 Å². The highest BCUT2D eigenvalue weighted by molar-refractivity contribution is 6.17. The molecule has 11 aromatic rings. The predicted octanol–water partition coefficient (Wildman–Crippen LogP) is 16.1. The molecule has 11 rings (SSSR count). The Morgan fingerprint density at radius 3 is 1.28 bits per heavy atom. The minimum atomic E-state index is 1.09. The average Bonchev–Trinajstić information content (AvgIpc) is 3.67. The number of benzene rings is 10. The summed E-state index contributed by atoms with van der Waals surface area (Å²) in [4.78, 5) is 2.40. The van der Waals surface area contributed by atoms with E-state index >= 15 is 0 Å². The van der Waals surface area contributed by atoms with Crippen molar-refractivity contribution in [2.75, 3.05) is 4.90 Å². The van der Waals surface area contributed by atoms with Gasteiger partial charge in [-0.1, -0.05) is 182 Å². The monoisotopic (exact) mass is 764 g/mol. The summed E-state index contributed by atoms with van der Waals surface area (Å²) >= 11 is 0. The number of fused-ring (bicyclic) bond motifs is 4. The maximum Gasteiger partial charge on any atom is 0.0547 e. The van der Waals surface area contributed by atoms with Crippen LogP contribution in [0.25, 0.3) is 82.8 Å². The fraction of sp³-hybridized carbons (Fsp3) is 0. The van der Waals surface area contributed by atoms with Gasteiger partial charge in [-0.25, -0.2) is 0 Å². The number of hydrogen-bond donors (Lipinski definition) is 0. The van der Waals surface area contributed by atoms with Crippen LogP contribution in [-0.2, 0) is 0 Å². The van der Waals surface area contributed by atoms with Crippen LogP contribution in [0.4, 0.5) is 17.1 Å². The Morgan fingerprint density at radius 2 is 0.717 bits per heavy atom. The Kier molecular flexibility index (Phi) is 8.87. The molecule has 0 fully saturated rings. The Balaban J connectivity index is 1.10. The highest BCUT2D eigenvalue weighted by Gasteiger charge is 2.20. The number of anilines is 3. The molecule has 0 aliphatic rings. The molecule has 0 aliphatic carbocycles. The van der Waals surface area contributed by atoms with Crippen molar-refractivity contribution in [1.82, 2.24) is 4.57 Å². The van der Waals surface area contributed by atoms with E-state index in [4.69, 9.17) is 0 Å². The molecule has 0 radical (unpaired) electrons. The molecule has 60 heavy (non-hydrogen) atoms. The first kappa shape index (κ1) is 35.2. The third-order valence-electron chi connectivity index (χ3n) is 11.8. The van der Waals surface area contributed by atoms with Gasteiger partial charge in [0.15, 0.2) is 0 Å². The quantitative estimate of drug-likeness (QED) is 0.150. The molecule has 0 amide bonds. The van der Waals surface area contributed by atoms with Crippen LogP contribution in [0.5, 0.6) is 0 Å². The highest BCUT2D eigenvalue weighted by atomic mass is 15.1. The van der Waals surface area contributed by atoms with Gasteiger partial charge in [-0.2, -0.15) is 0 Å². The summed E-state index contributed by atoms with van der Waals surface area (Å²) in [5.41, 5.74) is 16.4. The Hall–Kier alpha value is -7.94. The first-order chi connectivity index (χ1) is 29.8. The van der Waals surface area contributed by atoms with E-state index < -0.39 is 0 Å². The van der Waals surface area contributed by atoms with Gasteiger partial charge < -0.3 is 9.47 Å². The lowest BCUT2D eigenvalue weighted by atomic mass is 9.91. The molecule has 0 spiro atoms. The molecule has 282 valence electrons. The fourth-order valence-electron chi connectivity index (χ4n) is 9.02. The number of rotatable bonds is 8. The maximum atomic E-state index is 2.41. The Labute approximate surface area is 350 Å². The lowest BCUT2D eigenvalue weighted by Gasteiger charge is -2.26. The summed E-state index contributed by atoms with van der Waals surface area (Å²) in [5.74, 6) is 0. The van der Waals surface area contributed by atoms with Crippen LogP contribution in [0, 0.1) is 0 Å². The smallest absolute Gasteiger partial charge is 0.0547 e. The van der Waals surface area contributed by atoms with E-state index in [2.05, 4.69) is 252 Å². The lowest BCUT2D eigenvalue weighted by Crippen LogP contribution is -2.10. The van der Waals surface area contributed by atoms with Crippen molar-refractivity contribution < 1.29 is 0 Å². The Morgan fingerprint density at radius 1 is 0.283 bits per heavy atom. The van der Waals surface area contributed by atoms with Crippen LogP contribution < -0.4 is 4.90 Å². The largest absolute Gasteiger partial charge is 0.310 e. The number of para-hydroxylation sites is 1. The van der Waals surface area contributed by atoms with Gasteiger partial charge in [-0.3, -0.25) is 0 Å². The highest BCUT2D eigenvalue weighted by Crippen LogP contribution is 2.44. The molecule has 2 heteroatoms. The fourth-order valence-corrected chi connectivity index (χ4v) is 9.02. The van der Waals surface area contributed by atoms with E-state index in [0.717, 1.165) is 22.7 Å². The second-order valence-electron chi connectivity index (χ2n) is 15.3. The van der Waals surface area contributed by atoms with E-state index in [9.17, 15) is 0 Å². The van der Waals surface area contributed by atoms with Crippen molar-refractivity contribution in [3.8, 4) is 50.2 Å². The molecule has 0 aliphatic heterocycles.